The Hall–Kier alpha value is -0.860. The molecule has 0 aromatic heterocycles. The van der Waals surface area contributed by atoms with Gasteiger partial charge in [-0.2, -0.15) is 0 Å². The highest BCUT2D eigenvalue weighted by Gasteiger charge is 2.20. The van der Waals surface area contributed by atoms with Crippen molar-refractivity contribution in [1.82, 2.24) is 4.90 Å². The Labute approximate surface area is 109 Å². The van der Waals surface area contributed by atoms with Gasteiger partial charge in [0.25, 0.3) is 0 Å². The molecular formula is C14H20ClNO. The Morgan fingerprint density at radius 2 is 1.82 bits per heavy atom. The van der Waals surface area contributed by atoms with Crippen molar-refractivity contribution < 1.29 is 4.79 Å². The van der Waals surface area contributed by atoms with E-state index in [0.717, 1.165) is 13.1 Å². The van der Waals surface area contributed by atoms with Crippen LogP contribution < -0.4 is 0 Å². The topological polar surface area (TPSA) is 20.3 Å². The van der Waals surface area contributed by atoms with E-state index in [2.05, 4.69) is 35.2 Å². The number of carbonyl (C=O) groups excluding carboxylic acids is 1. The fraction of sp³-hybridized carbons (Fsp3) is 0.500. The molecule has 94 valence electrons. The third-order valence-electron chi connectivity index (χ3n) is 3.30. The molecule has 1 saturated heterocycles. The number of hydrogen-bond donors (Lipinski definition) is 0. The van der Waals surface area contributed by atoms with Gasteiger partial charge in [0.1, 0.15) is 5.78 Å². The van der Waals surface area contributed by atoms with E-state index in [-0.39, 0.29) is 18.2 Å². The molecule has 0 saturated carbocycles. The fourth-order valence-corrected chi connectivity index (χ4v) is 2.46. The predicted octanol–water partition coefficient (Wildman–Crippen LogP) is 2.88. The van der Waals surface area contributed by atoms with Crippen molar-refractivity contribution in [2.75, 3.05) is 19.6 Å². The molecule has 1 fully saturated rings. The normalized spacial score (nSPS) is 17.5. The summed E-state index contributed by atoms with van der Waals surface area (Å²) < 4.78 is 0. The molecule has 0 atom stereocenters. The molecule has 3 heteroatoms. The highest BCUT2D eigenvalue weighted by molar-refractivity contribution is 5.85. The van der Waals surface area contributed by atoms with Crippen LogP contribution in [0.1, 0.15) is 31.2 Å². The van der Waals surface area contributed by atoms with Crippen molar-refractivity contribution in [2.45, 2.75) is 25.7 Å². The molecule has 0 bridgehead atoms. The quantitative estimate of drug-likeness (QED) is 0.826. The highest BCUT2D eigenvalue weighted by Crippen LogP contribution is 2.27. The van der Waals surface area contributed by atoms with Gasteiger partial charge in [0.15, 0.2) is 0 Å². The van der Waals surface area contributed by atoms with Gasteiger partial charge in [0.2, 0.25) is 0 Å². The monoisotopic (exact) mass is 253 g/mol. The molecule has 1 heterocycles. The molecule has 0 radical (unpaired) electrons. The molecule has 17 heavy (non-hydrogen) atoms. The van der Waals surface area contributed by atoms with Gasteiger partial charge in [-0.3, -0.25) is 9.69 Å². The van der Waals surface area contributed by atoms with Crippen molar-refractivity contribution >= 4 is 18.2 Å². The summed E-state index contributed by atoms with van der Waals surface area (Å²) in [5, 5.41) is 0. The van der Waals surface area contributed by atoms with Crippen molar-refractivity contribution in [2.24, 2.45) is 0 Å². The minimum absolute atomic E-state index is 0. The Bertz CT molecular complexity index is 344. The SMILES string of the molecule is CC(=O)CN1CCC(c2ccccc2)CC1.Cl. The summed E-state index contributed by atoms with van der Waals surface area (Å²) in [6, 6.07) is 10.7. The Morgan fingerprint density at radius 1 is 1.24 bits per heavy atom. The molecule has 1 aliphatic rings. The molecule has 1 aliphatic heterocycles. The zero-order valence-electron chi connectivity index (χ0n) is 10.3. The molecule has 1 aromatic rings. The average Bonchev–Trinajstić information content (AvgIpc) is 2.30. The number of rotatable bonds is 3. The van der Waals surface area contributed by atoms with Crippen LogP contribution in [-0.4, -0.2) is 30.3 Å². The van der Waals surface area contributed by atoms with E-state index >= 15 is 0 Å². The van der Waals surface area contributed by atoms with E-state index in [9.17, 15) is 4.79 Å². The summed E-state index contributed by atoms with van der Waals surface area (Å²) in [6.07, 6.45) is 2.36. The molecule has 0 amide bonds. The lowest BCUT2D eigenvalue weighted by atomic mass is 9.89. The molecule has 1 aromatic carbocycles. The smallest absolute Gasteiger partial charge is 0.143 e. The number of carbonyl (C=O) groups is 1. The van der Waals surface area contributed by atoms with Gasteiger partial charge in [-0.1, -0.05) is 30.3 Å². The molecule has 2 rings (SSSR count). The zero-order chi connectivity index (χ0) is 11.4. The number of nitrogens with zero attached hydrogens (tertiary/aromatic N) is 1. The van der Waals surface area contributed by atoms with Crippen LogP contribution in [-0.2, 0) is 4.79 Å². The minimum Gasteiger partial charge on any atom is -0.299 e. The lowest BCUT2D eigenvalue weighted by Gasteiger charge is -2.31. The fourth-order valence-electron chi connectivity index (χ4n) is 2.46. The van der Waals surface area contributed by atoms with Crippen LogP contribution in [0.25, 0.3) is 0 Å². The number of likely N-dealkylation sites (tertiary alicyclic amines) is 1. The van der Waals surface area contributed by atoms with Gasteiger partial charge in [0, 0.05) is 0 Å². The third-order valence-corrected chi connectivity index (χ3v) is 3.30. The number of piperidine rings is 1. The van der Waals surface area contributed by atoms with E-state index in [1.165, 1.54) is 18.4 Å². The summed E-state index contributed by atoms with van der Waals surface area (Å²) >= 11 is 0. The maximum atomic E-state index is 11.0. The standard InChI is InChI=1S/C14H19NO.ClH/c1-12(16)11-15-9-7-14(8-10-15)13-5-3-2-4-6-13;/h2-6,14H,7-11H2,1H3;1H. The molecule has 0 spiro atoms. The van der Waals surface area contributed by atoms with Crippen LogP contribution in [0.2, 0.25) is 0 Å². The first-order valence-corrected chi connectivity index (χ1v) is 6.02. The summed E-state index contributed by atoms with van der Waals surface area (Å²) in [7, 11) is 0. The van der Waals surface area contributed by atoms with E-state index in [1.807, 2.05) is 0 Å². The van der Waals surface area contributed by atoms with Crippen molar-refractivity contribution in [3.05, 3.63) is 35.9 Å². The maximum absolute atomic E-state index is 11.0. The largest absolute Gasteiger partial charge is 0.299 e. The number of hydrogen-bond acceptors (Lipinski definition) is 2. The van der Waals surface area contributed by atoms with Gasteiger partial charge < -0.3 is 0 Å². The predicted molar refractivity (Wildman–Crippen MR) is 72.8 cm³/mol. The van der Waals surface area contributed by atoms with Crippen molar-refractivity contribution in [3.63, 3.8) is 0 Å². The maximum Gasteiger partial charge on any atom is 0.143 e. The Balaban J connectivity index is 0.00000144. The van der Waals surface area contributed by atoms with Gasteiger partial charge in [-0.25, -0.2) is 0 Å². The number of Topliss-reactive ketones (excluding diaryl/α,β-unsaturated/α-hetero) is 1. The molecular weight excluding hydrogens is 234 g/mol. The second-order valence-electron chi connectivity index (χ2n) is 4.66. The summed E-state index contributed by atoms with van der Waals surface area (Å²) in [6.45, 7) is 4.41. The lowest BCUT2D eigenvalue weighted by Crippen LogP contribution is -2.36. The summed E-state index contributed by atoms with van der Waals surface area (Å²) in [5.74, 6) is 0.961. The first kappa shape index (κ1) is 14.2. The first-order valence-electron chi connectivity index (χ1n) is 6.02. The van der Waals surface area contributed by atoms with Crippen molar-refractivity contribution in [3.8, 4) is 0 Å². The van der Waals surface area contributed by atoms with Gasteiger partial charge in [-0.05, 0) is 44.3 Å². The molecule has 0 N–H and O–H groups in total. The van der Waals surface area contributed by atoms with Crippen LogP contribution in [0.3, 0.4) is 0 Å². The van der Waals surface area contributed by atoms with E-state index < -0.39 is 0 Å². The number of benzene rings is 1. The molecule has 0 unspecified atom stereocenters. The Kier molecular flexibility index (Phi) is 5.66. The highest BCUT2D eigenvalue weighted by atomic mass is 35.5. The second-order valence-corrected chi connectivity index (χ2v) is 4.66. The first-order chi connectivity index (χ1) is 7.75. The second kappa shape index (κ2) is 6.77. The van der Waals surface area contributed by atoms with E-state index in [4.69, 9.17) is 0 Å². The third kappa shape index (κ3) is 4.14. The summed E-state index contributed by atoms with van der Waals surface area (Å²) in [4.78, 5) is 13.3. The van der Waals surface area contributed by atoms with Crippen LogP contribution in [0.5, 0.6) is 0 Å². The molecule has 2 nitrogen and oxygen atoms in total. The average molecular weight is 254 g/mol. The Morgan fingerprint density at radius 3 is 2.35 bits per heavy atom. The summed E-state index contributed by atoms with van der Waals surface area (Å²) in [5.41, 5.74) is 1.45. The van der Waals surface area contributed by atoms with E-state index in [1.54, 1.807) is 6.92 Å². The van der Waals surface area contributed by atoms with Crippen LogP contribution in [0.4, 0.5) is 0 Å². The van der Waals surface area contributed by atoms with Crippen molar-refractivity contribution in [1.29, 1.82) is 0 Å². The number of halogens is 1. The zero-order valence-corrected chi connectivity index (χ0v) is 11.1. The minimum atomic E-state index is 0. The molecule has 0 aliphatic carbocycles. The lowest BCUT2D eigenvalue weighted by molar-refractivity contribution is -0.118. The van der Waals surface area contributed by atoms with Gasteiger partial charge >= 0.3 is 0 Å². The number of ketones is 1. The van der Waals surface area contributed by atoms with Crippen LogP contribution in [0, 0.1) is 0 Å². The van der Waals surface area contributed by atoms with Crippen LogP contribution >= 0.6 is 12.4 Å². The van der Waals surface area contributed by atoms with Crippen LogP contribution in [0.15, 0.2) is 30.3 Å². The van der Waals surface area contributed by atoms with E-state index in [0.29, 0.717) is 12.5 Å². The van der Waals surface area contributed by atoms with Gasteiger partial charge in [0.05, 0.1) is 6.54 Å². The van der Waals surface area contributed by atoms with Gasteiger partial charge in [-0.15, -0.1) is 12.4 Å².